The second kappa shape index (κ2) is 6.80. The maximum atomic E-state index is 11.7. The number of fused-ring (bicyclic) bond motifs is 1. The SMILES string of the molecule is CCC(=O)NC1CCCc2ccc(C(O)C3CCCO3)cc21. The zero-order valence-corrected chi connectivity index (χ0v) is 13.2. The highest BCUT2D eigenvalue weighted by Crippen LogP contribution is 2.34. The summed E-state index contributed by atoms with van der Waals surface area (Å²) in [7, 11) is 0. The summed E-state index contributed by atoms with van der Waals surface area (Å²) in [5.74, 6) is 0.0860. The Hall–Kier alpha value is -1.39. The quantitative estimate of drug-likeness (QED) is 0.899. The van der Waals surface area contributed by atoms with E-state index in [1.54, 1.807) is 0 Å². The Labute approximate surface area is 131 Å². The van der Waals surface area contributed by atoms with Gasteiger partial charge >= 0.3 is 0 Å². The summed E-state index contributed by atoms with van der Waals surface area (Å²) in [4.78, 5) is 11.7. The number of amides is 1. The van der Waals surface area contributed by atoms with Crippen molar-refractivity contribution in [1.29, 1.82) is 0 Å². The molecule has 4 heteroatoms. The van der Waals surface area contributed by atoms with Crippen LogP contribution in [-0.4, -0.2) is 23.7 Å². The van der Waals surface area contributed by atoms with Crippen LogP contribution in [0.25, 0.3) is 0 Å². The number of nitrogens with one attached hydrogen (secondary N) is 1. The molecular formula is C18H25NO3. The Morgan fingerprint density at radius 3 is 3.00 bits per heavy atom. The molecule has 4 nitrogen and oxygen atoms in total. The minimum Gasteiger partial charge on any atom is -0.386 e. The fraction of sp³-hybridized carbons (Fsp3) is 0.611. The second-order valence-electron chi connectivity index (χ2n) is 6.32. The van der Waals surface area contributed by atoms with Crippen molar-refractivity contribution in [3.63, 3.8) is 0 Å². The van der Waals surface area contributed by atoms with Gasteiger partial charge in [-0.15, -0.1) is 0 Å². The van der Waals surface area contributed by atoms with Crippen LogP contribution in [0.15, 0.2) is 18.2 Å². The van der Waals surface area contributed by atoms with Crippen LogP contribution in [0.3, 0.4) is 0 Å². The molecule has 0 bridgehead atoms. The first kappa shape index (κ1) is 15.5. The van der Waals surface area contributed by atoms with Crippen LogP contribution in [0.4, 0.5) is 0 Å². The van der Waals surface area contributed by atoms with Crippen LogP contribution >= 0.6 is 0 Å². The number of carbonyl (C=O) groups excluding carboxylic acids is 1. The monoisotopic (exact) mass is 303 g/mol. The number of benzene rings is 1. The van der Waals surface area contributed by atoms with Crippen LogP contribution in [0.5, 0.6) is 0 Å². The van der Waals surface area contributed by atoms with Gasteiger partial charge in [-0.2, -0.15) is 0 Å². The zero-order valence-electron chi connectivity index (χ0n) is 13.2. The molecule has 22 heavy (non-hydrogen) atoms. The van der Waals surface area contributed by atoms with Crippen molar-refractivity contribution in [1.82, 2.24) is 5.32 Å². The lowest BCUT2D eigenvalue weighted by molar-refractivity contribution is -0.121. The van der Waals surface area contributed by atoms with E-state index in [0.717, 1.165) is 44.3 Å². The lowest BCUT2D eigenvalue weighted by Crippen LogP contribution is -2.30. The normalized spacial score (nSPS) is 25.5. The highest BCUT2D eigenvalue weighted by Gasteiger charge is 2.28. The van der Waals surface area contributed by atoms with E-state index >= 15 is 0 Å². The summed E-state index contributed by atoms with van der Waals surface area (Å²) < 4.78 is 5.60. The number of hydrogen-bond acceptors (Lipinski definition) is 3. The third-order valence-electron chi connectivity index (χ3n) is 4.80. The molecule has 120 valence electrons. The molecule has 1 saturated heterocycles. The largest absolute Gasteiger partial charge is 0.386 e. The van der Waals surface area contributed by atoms with Crippen molar-refractivity contribution in [2.45, 2.75) is 63.7 Å². The lowest BCUT2D eigenvalue weighted by atomic mass is 9.85. The number of carbonyl (C=O) groups is 1. The summed E-state index contributed by atoms with van der Waals surface area (Å²) in [5.41, 5.74) is 3.36. The highest BCUT2D eigenvalue weighted by molar-refractivity contribution is 5.76. The van der Waals surface area contributed by atoms with Gasteiger partial charge in [-0.05, 0) is 48.8 Å². The van der Waals surface area contributed by atoms with Crippen LogP contribution in [-0.2, 0) is 16.0 Å². The summed E-state index contributed by atoms with van der Waals surface area (Å²) >= 11 is 0. The van der Waals surface area contributed by atoms with Gasteiger partial charge < -0.3 is 15.2 Å². The van der Waals surface area contributed by atoms with Gasteiger partial charge in [0.1, 0.15) is 6.10 Å². The van der Waals surface area contributed by atoms with Crippen molar-refractivity contribution in [2.24, 2.45) is 0 Å². The number of aliphatic hydroxyl groups excluding tert-OH is 1. The Kier molecular flexibility index (Phi) is 4.79. The number of aryl methyl sites for hydroxylation is 1. The van der Waals surface area contributed by atoms with Gasteiger partial charge in [-0.1, -0.05) is 25.1 Å². The van der Waals surface area contributed by atoms with Gasteiger partial charge in [0.2, 0.25) is 5.91 Å². The number of rotatable bonds is 4. The van der Waals surface area contributed by atoms with Gasteiger partial charge in [0.05, 0.1) is 12.1 Å². The molecule has 1 aromatic rings. The van der Waals surface area contributed by atoms with Crippen LogP contribution in [0.1, 0.15) is 67.9 Å². The molecule has 1 aliphatic heterocycles. The Balaban J connectivity index is 1.83. The van der Waals surface area contributed by atoms with Gasteiger partial charge in [0.25, 0.3) is 0 Å². The number of ether oxygens (including phenoxy) is 1. The van der Waals surface area contributed by atoms with Crippen molar-refractivity contribution in [2.75, 3.05) is 6.61 Å². The molecule has 3 atom stereocenters. The molecule has 1 amide bonds. The maximum absolute atomic E-state index is 11.7. The topological polar surface area (TPSA) is 58.6 Å². The average molecular weight is 303 g/mol. The molecular weight excluding hydrogens is 278 g/mol. The Morgan fingerprint density at radius 2 is 2.27 bits per heavy atom. The summed E-state index contributed by atoms with van der Waals surface area (Å²) in [5, 5.41) is 13.6. The average Bonchev–Trinajstić information content (AvgIpc) is 3.08. The van der Waals surface area contributed by atoms with Gasteiger partial charge in [-0.25, -0.2) is 0 Å². The van der Waals surface area contributed by atoms with E-state index in [4.69, 9.17) is 4.74 Å². The predicted octanol–water partition coefficient (Wildman–Crippen LogP) is 2.80. The third kappa shape index (κ3) is 3.18. The zero-order chi connectivity index (χ0) is 15.5. The fourth-order valence-corrected chi connectivity index (χ4v) is 3.51. The molecule has 0 radical (unpaired) electrons. The minimum atomic E-state index is -0.572. The molecule has 3 unspecified atom stereocenters. The number of aliphatic hydroxyl groups is 1. The van der Waals surface area contributed by atoms with Crippen LogP contribution < -0.4 is 5.32 Å². The molecule has 0 spiro atoms. The van der Waals surface area contributed by atoms with Crippen molar-refractivity contribution in [3.8, 4) is 0 Å². The summed E-state index contributed by atoms with van der Waals surface area (Å²) in [6, 6.07) is 6.26. The Morgan fingerprint density at radius 1 is 1.41 bits per heavy atom. The second-order valence-corrected chi connectivity index (χ2v) is 6.32. The molecule has 1 heterocycles. The number of hydrogen-bond donors (Lipinski definition) is 2. The first-order valence-electron chi connectivity index (χ1n) is 8.40. The van der Waals surface area contributed by atoms with E-state index in [2.05, 4.69) is 17.4 Å². The third-order valence-corrected chi connectivity index (χ3v) is 4.80. The predicted molar refractivity (Wildman–Crippen MR) is 84.5 cm³/mol. The van der Waals surface area contributed by atoms with E-state index in [0.29, 0.717) is 6.42 Å². The molecule has 2 aliphatic rings. The van der Waals surface area contributed by atoms with Gasteiger partial charge in [0.15, 0.2) is 0 Å². The first-order chi connectivity index (χ1) is 10.7. The van der Waals surface area contributed by atoms with Crippen molar-refractivity contribution >= 4 is 5.91 Å². The lowest BCUT2D eigenvalue weighted by Gasteiger charge is -2.28. The fourth-order valence-electron chi connectivity index (χ4n) is 3.51. The smallest absolute Gasteiger partial charge is 0.220 e. The summed E-state index contributed by atoms with van der Waals surface area (Å²) in [6.07, 6.45) is 4.88. The van der Waals surface area contributed by atoms with E-state index in [1.165, 1.54) is 11.1 Å². The van der Waals surface area contributed by atoms with Crippen molar-refractivity contribution < 1.29 is 14.6 Å². The molecule has 1 fully saturated rings. The molecule has 0 aromatic heterocycles. The minimum absolute atomic E-state index is 0.0767. The van der Waals surface area contributed by atoms with E-state index < -0.39 is 6.10 Å². The molecule has 2 N–H and O–H groups in total. The standard InChI is InChI=1S/C18H25NO3/c1-2-17(20)19-15-6-3-5-12-8-9-13(11-14(12)15)18(21)16-7-4-10-22-16/h8-9,11,15-16,18,21H,2-7,10H2,1H3,(H,19,20). The van der Waals surface area contributed by atoms with Gasteiger partial charge in [0, 0.05) is 13.0 Å². The van der Waals surface area contributed by atoms with Crippen LogP contribution in [0, 0.1) is 0 Å². The molecule has 0 saturated carbocycles. The van der Waals surface area contributed by atoms with Gasteiger partial charge in [-0.3, -0.25) is 4.79 Å². The highest BCUT2D eigenvalue weighted by atomic mass is 16.5. The van der Waals surface area contributed by atoms with Crippen LogP contribution in [0.2, 0.25) is 0 Å². The van der Waals surface area contributed by atoms with Crippen molar-refractivity contribution in [3.05, 3.63) is 34.9 Å². The Bertz CT molecular complexity index is 537. The maximum Gasteiger partial charge on any atom is 0.220 e. The van der Waals surface area contributed by atoms with E-state index in [-0.39, 0.29) is 18.1 Å². The molecule has 1 aliphatic carbocycles. The van der Waals surface area contributed by atoms with E-state index in [9.17, 15) is 9.90 Å². The van der Waals surface area contributed by atoms with E-state index in [1.807, 2.05) is 13.0 Å². The molecule has 3 rings (SSSR count). The first-order valence-corrected chi connectivity index (χ1v) is 8.40. The summed E-state index contributed by atoms with van der Waals surface area (Å²) in [6.45, 7) is 2.61. The molecule has 1 aromatic carbocycles.